The minimum Gasteiger partial charge on any atom is -0.339 e. The molecule has 0 saturated carbocycles. The van der Waals surface area contributed by atoms with Crippen molar-refractivity contribution in [3.63, 3.8) is 0 Å². The molecule has 0 aromatic carbocycles. The zero-order valence-corrected chi connectivity index (χ0v) is 13.3. The van der Waals surface area contributed by atoms with Gasteiger partial charge in [-0.3, -0.25) is 9.69 Å². The van der Waals surface area contributed by atoms with E-state index in [9.17, 15) is 4.79 Å². The molecule has 2 saturated heterocycles. The van der Waals surface area contributed by atoms with Crippen LogP contribution >= 0.6 is 0 Å². The lowest BCUT2D eigenvalue weighted by molar-refractivity contribution is -0.137. The van der Waals surface area contributed by atoms with Crippen molar-refractivity contribution in [1.29, 1.82) is 0 Å². The Balaban J connectivity index is 1.78. The van der Waals surface area contributed by atoms with Crippen LogP contribution < -0.4 is 5.32 Å². The molecular weight excluding hydrogens is 252 g/mol. The van der Waals surface area contributed by atoms with Crippen LogP contribution in [0.3, 0.4) is 0 Å². The number of nitrogens with zero attached hydrogens (tertiary/aromatic N) is 3. The first-order valence-electron chi connectivity index (χ1n) is 8.04. The molecule has 2 heterocycles. The minimum absolute atomic E-state index is 0.0364. The quantitative estimate of drug-likeness (QED) is 0.793. The van der Waals surface area contributed by atoms with Gasteiger partial charge in [0.25, 0.3) is 0 Å². The largest absolute Gasteiger partial charge is 0.339 e. The standard InChI is InChI=1S/C15H30N4O/c1-13(2)12-17-8-10-18(11-9-17)14(3)15(20)19-6-4-16-5-7-19/h13-14,16H,4-12H2,1-3H3. The highest BCUT2D eigenvalue weighted by molar-refractivity contribution is 5.81. The Bertz CT molecular complexity index is 307. The summed E-state index contributed by atoms with van der Waals surface area (Å²) in [6, 6.07) is 0.0364. The summed E-state index contributed by atoms with van der Waals surface area (Å²) in [4.78, 5) is 19.4. The molecule has 1 amide bonds. The maximum Gasteiger partial charge on any atom is 0.239 e. The fraction of sp³-hybridized carbons (Fsp3) is 0.933. The molecule has 1 N–H and O–H groups in total. The van der Waals surface area contributed by atoms with Gasteiger partial charge in [0, 0.05) is 58.9 Å². The molecule has 5 heteroatoms. The van der Waals surface area contributed by atoms with Crippen molar-refractivity contribution >= 4 is 5.91 Å². The summed E-state index contributed by atoms with van der Waals surface area (Å²) < 4.78 is 0. The summed E-state index contributed by atoms with van der Waals surface area (Å²) in [5.41, 5.74) is 0. The average Bonchev–Trinajstić information content (AvgIpc) is 2.47. The Morgan fingerprint density at radius 2 is 1.60 bits per heavy atom. The van der Waals surface area contributed by atoms with Crippen LogP contribution in [-0.4, -0.2) is 85.6 Å². The summed E-state index contributed by atoms with van der Waals surface area (Å²) in [5.74, 6) is 1.03. The van der Waals surface area contributed by atoms with E-state index >= 15 is 0 Å². The normalized spacial score (nSPS) is 24.1. The van der Waals surface area contributed by atoms with Gasteiger partial charge < -0.3 is 15.1 Å². The first kappa shape index (κ1) is 15.7. The molecule has 1 unspecified atom stereocenters. The van der Waals surface area contributed by atoms with Crippen molar-refractivity contribution in [3.05, 3.63) is 0 Å². The number of carbonyl (C=O) groups is 1. The van der Waals surface area contributed by atoms with Crippen LogP contribution in [0.15, 0.2) is 0 Å². The second kappa shape index (κ2) is 7.38. The highest BCUT2D eigenvalue weighted by atomic mass is 16.2. The van der Waals surface area contributed by atoms with E-state index in [1.807, 2.05) is 4.90 Å². The van der Waals surface area contributed by atoms with Crippen molar-refractivity contribution in [2.24, 2.45) is 5.92 Å². The van der Waals surface area contributed by atoms with Crippen LogP contribution in [0.1, 0.15) is 20.8 Å². The lowest BCUT2D eigenvalue weighted by Gasteiger charge is -2.40. The van der Waals surface area contributed by atoms with Gasteiger partial charge in [0.2, 0.25) is 5.91 Å². The molecule has 20 heavy (non-hydrogen) atoms. The van der Waals surface area contributed by atoms with Crippen molar-refractivity contribution in [2.45, 2.75) is 26.8 Å². The van der Waals surface area contributed by atoms with Crippen molar-refractivity contribution < 1.29 is 4.79 Å². The predicted octanol–water partition coefficient (Wildman–Crippen LogP) is 0.0803. The molecule has 2 aliphatic heterocycles. The van der Waals surface area contributed by atoms with Crippen molar-refractivity contribution in [1.82, 2.24) is 20.0 Å². The third-order valence-corrected chi connectivity index (χ3v) is 4.36. The van der Waals surface area contributed by atoms with E-state index in [0.29, 0.717) is 5.91 Å². The number of carbonyl (C=O) groups excluding carboxylic acids is 1. The van der Waals surface area contributed by atoms with Gasteiger partial charge in [-0.1, -0.05) is 13.8 Å². The molecule has 2 rings (SSSR count). The van der Waals surface area contributed by atoms with Crippen LogP contribution in [0.2, 0.25) is 0 Å². The average molecular weight is 282 g/mol. The zero-order chi connectivity index (χ0) is 14.5. The smallest absolute Gasteiger partial charge is 0.239 e. The Hall–Kier alpha value is -0.650. The summed E-state index contributed by atoms with van der Waals surface area (Å²) >= 11 is 0. The maximum atomic E-state index is 12.5. The van der Waals surface area contributed by atoms with Gasteiger partial charge >= 0.3 is 0 Å². The summed E-state index contributed by atoms with van der Waals surface area (Å²) in [7, 11) is 0. The minimum atomic E-state index is 0.0364. The van der Waals surface area contributed by atoms with Crippen LogP contribution in [0.4, 0.5) is 0 Å². The number of rotatable bonds is 4. The predicted molar refractivity (Wildman–Crippen MR) is 81.8 cm³/mol. The molecule has 2 aliphatic rings. The Kier molecular flexibility index (Phi) is 5.81. The van der Waals surface area contributed by atoms with Crippen LogP contribution in [0, 0.1) is 5.92 Å². The van der Waals surface area contributed by atoms with Gasteiger partial charge in [-0.25, -0.2) is 0 Å². The highest BCUT2D eigenvalue weighted by Crippen LogP contribution is 2.11. The fourth-order valence-electron chi connectivity index (χ4n) is 3.16. The van der Waals surface area contributed by atoms with Gasteiger partial charge in [-0.05, 0) is 12.8 Å². The summed E-state index contributed by atoms with van der Waals surface area (Å²) in [6.07, 6.45) is 0. The van der Waals surface area contributed by atoms with Crippen LogP contribution in [-0.2, 0) is 4.79 Å². The van der Waals surface area contributed by atoms with E-state index in [1.54, 1.807) is 0 Å². The van der Waals surface area contributed by atoms with E-state index < -0.39 is 0 Å². The molecule has 0 aromatic rings. The number of nitrogens with one attached hydrogen (secondary N) is 1. The SMILES string of the molecule is CC(C)CN1CCN(C(C)C(=O)N2CCNCC2)CC1. The topological polar surface area (TPSA) is 38.8 Å². The van der Waals surface area contributed by atoms with Crippen LogP contribution in [0.5, 0.6) is 0 Å². The van der Waals surface area contributed by atoms with Gasteiger partial charge in [-0.15, -0.1) is 0 Å². The second-order valence-electron chi connectivity index (χ2n) is 6.48. The van der Waals surface area contributed by atoms with Gasteiger partial charge in [0.05, 0.1) is 6.04 Å². The third-order valence-electron chi connectivity index (χ3n) is 4.36. The van der Waals surface area contributed by atoms with E-state index in [4.69, 9.17) is 0 Å². The molecular formula is C15H30N4O. The van der Waals surface area contributed by atoms with Gasteiger partial charge in [0.1, 0.15) is 0 Å². The van der Waals surface area contributed by atoms with Crippen molar-refractivity contribution in [2.75, 3.05) is 58.9 Å². The Labute approximate surface area is 123 Å². The molecule has 2 fully saturated rings. The van der Waals surface area contributed by atoms with E-state index in [1.165, 1.54) is 6.54 Å². The van der Waals surface area contributed by atoms with Gasteiger partial charge in [0.15, 0.2) is 0 Å². The third kappa shape index (κ3) is 4.17. The van der Waals surface area contributed by atoms with Crippen molar-refractivity contribution in [3.8, 4) is 0 Å². The molecule has 1 atom stereocenters. The number of hydrogen-bond donors (Lipinski definition) is 1. The summed E-state index contributed by atoms with van der Waals surface area (Å²) in [6.45, 7) is 15.6. The monoisotopic (exact) mass is 282 g/mol. The van der Waals surface area contributed by atoms with E-state index in [2.05, 4.69) is 35.9 Å². The van der Waals surface area contributed by atoms with Gasteiger partial charge in [-0.2, -0.15) is 0 Å². The number of amides is 1. The first-order valence-corrected chi connectivity index (χ1v) is 8.04. The van der Waals surface area contributed by atoms with Crippen LogP contribution in [0.25, 0.3) is 0 Å². The number of piperazine rings is 2. The highest BCUT2D eigenvalue weighted by Gasteiger charge is 2.29. The molecule has 0 bridgehead atoms. The zero-order valence-electron chi connectivity index (χ0n) is 13.3. The lowest BCUT2D eigenvalue weighted by Crippen LogP contribution is -2.57. The maximum absolute atomic E-state index is 12.5. The molecule has 0 spiro atoms. The molecule has 0 aromatic heterocycles. The lowest BCUT2D eigenvalue weighted by atomic mass is 10.1. The molecule has 5 nitrogen and oxygen atoms in total. The van der Waals surface area contributed by atoms with E-state index in [-0.39, 0.29) is 6.04 Å². The molecule has 0 aliphatic carbocycles. The number of hydrogen-bond acceptors (Lipinski definition) is 4. The van der Waals surface area contributed by atoms with E-state index in [0.717, 1.165) is 58.3 Å². The summed E-state index contributed by atoms with van der Waals surface area (Å²) in [5, 5.41) is 3.30. The molecule has 0 radical (unpaired) electrons. The Morgan fingerprint density at radius 1 is 1.00 bits per heavy atom. The Morgan fingerprint density at radius 3 is 2.15 bits per heavy atom. The first-order chi connectivity index (χ1) is 9.58. The molecule has 116 valence electrons. The fourth-order valence-corrected chi connectivity index (χ4v) is 3.16. The second-order valence-corrected chi connectivity index (χ2v) is 6.48.